The molecule has 0 bridgehead atoms. The monoisotopic (exact) mass is 546 g/mol. The average Bonchev–Trinajstić information content (AvgIpc) is 2.83. The van der Waals surface area contributed by atoms with E-state index >= 15 is 0 Å². The van der Waals surface area contributed by atoms with E-state index in [-0.39, 0.29) is 24.0 Å². The van der Waals surface area contributed by atoms with Gasteiger partial charge in [-0.15, -0.1) is 0 Å². The van der Waals surface area contributed by atoms with Crippen LogP contribution in [0.2, 0.25) is 5.02 Å². The number of nitrogens with zero attached hydrogens (tertiary/aromatic N) is 4. The lowest BCUT2D eigenvalue weighted by molar-refractivity contribution is -0.137. The Bertz CT molecular complexity index is 1300. The van der Waals surface area contributed by atoms with Crippen LogP contribution in [0.25, 0.3) is 10.9 Å². The van der Waals surface area contributed by atoms with E-state index in [1.165, 1.54) is 4.68 Å². The standard InChI is InChI=1S/C24H24BrClN4O4/c1-15(2)23-28-20-5-4-17(25)12-18(20)24(32)30(23)27-13-16-3-6-21(19(26)11-16)34-14-22(31)29-7-9-33-10-8-29/h3-6,11-13,15H,7-10,14H2,1-2H3. The fourth-order valence-electron chi connectivity index (χ4n) is 3.53. The highest BCUT2D eigenvalue weighted by molar-refractivity contribution is 9.10. The molecule has 8 nitrogen and oxygen atoms in total. The molecule has 178 valence electrons. The minimum Gasteiger partial charge on any atom is -0.482 e. The van der Waals surface area contributed by atoms with Crippen molar-refractivity contribution in [1.82, 2.24) is 14.6 Å². The SMILES string of the molecule is CC(C)c1nc2ccc(Br)cc2c(=O)n1N=Cc1ccc(OCC(=O)N2CCOCC2)c(Cl)c1. The molecule has 1 fully saturated rings. The van der Waals surface area contributed by atoms with Crippen molar-refractivity contribution in [2.24, 2.45) is 5.10 Å². The third-order valence-corrected chi connectivity index (χ3v) is 6.13. The van der Waals surface area contributed by atoms with Gasteiger partial charge in [0.2, 0.25) is 0 Å². The van der Waals surface area contributed by atoms with E-state index in [1.54, 1.807) is 35.4 Å². The first-order valence-corrected chi connectivity index (χ1v) is 12.0. The van der Waals surface area contributed by atoms with Crippen LogP contribution in [0.5, 0.6) is 5.75 Å². The summed E-state index contributed by atoms with van der Waals surface area (Å²) in [5, 5.41) is 5.23. The van der Waals surface area contributed by atoms with Crippen LogP contribution in [0.4, 0.5) is 0 Å². The number of rotatable bonds is 6. The molecule has 2 heterocycles. The van der Waals surface area contributed by atoms with Gasteiger partial charge in [0.15, 0.2) is 6.61 Å². The summed E-state index contributed by atoms with van der Waals surface area (Å²) in [6, 6.07) is 10.5. The number of morpholine rings is 1. The van der Waals surface area contributed by atoms with Gasteiger partial charge in [0.1, 0.15) is 11.6 Å². The largest absolute Gasteiger partial charge is 0.482 e. The molecule has 0 atom stereocenters. The second kappa shape index (κ2) is 10.7. The Labute approximate surface area is 210 Å². The van der Waals surface area contributed by atoms with E-state index < -0.39 is 0 Å². The van der Waals surface area contributed by atoms with Crippen LogP contribution >= 0.6 is 27.5 Å². The van der Waals surface area contributed by atoms with Crippen LogP contribution in [-0.4, -0.2) is 59.6 Å². The van der Waals surface area contributed by atoms with Gasteiger partial charge in [-0.3, -0.25) is 9.59 Å². The number of aromatic nitrogens is 2. The lowest BCUT2D eigenvalue weighted by Gasteiger charge is -2.26. The molecule has 0 saturated carbocycles. The summed E-state index contributed by atoms with van der Waals surface area (Å²) in [7, 11) is 0. The van der Waals surface area contributed by atoms with Gasteiger partial charge >= 0.3 is 0 Å². The first kappa shape index (κ1) is 24.4. The quantitative estimate of drug-likeness (QED) is 0.435. The first-order chi connectivity index (χ1) is 16.3. The smallest absolute Gasteiger partial charge is 0.282 e. The highest BCUT2D eigenvalue weighted by Gasteiger charge is 2.18. The van der Waals surface area contributed by atoms with E-state index in [0.717, 1.165) is 4.47 Å². The highest BCUT2D eigenvalue weighted by Crippen LogP contribution is 2.25. The van der Waals surface area contributed by atoms with E-state index in [0.29, 0.717) is 59.4 Å². The minimum absolute atomic E-state index is 0.0127. The van der Waals surface area contributed by atoms with Crippen LogP contribution < -0.4 is 10.3 Å². The molecule has 1 saturated heterocycles. The van der Waals surface area contributed by atoms with Gasteiger partial charge in [-0.1, -0.05) is 41.4 Å². The van der Waals surface area contributed by atoms with E-state index in [4.69, 9.17) is 21.1 Å². The van der Waals surface area contributed by atoms with Crippen molar-refractivity contribution in [3.8, 4) is 5.75 Å². The molecule has 0 N–H and O–H groups in total. The van der Waals surface area contributed by atoms with Crippen molar-refractivity contribution in [2.75, 3.05) is 32.9 Å². The summed E-state index contributed by atoms with van der Waals surface area (Å²) >= 11 is 9.77. The number of carbonyl (C=O) groups excluding carboxylic acids is 1. The summed E-state index contributed by atoms with van der Waals surface area (Å²) < 4.78 is 13.0. The Morgan fingerprint density at radius 1 is 1.26 bits per heavy atom. The Morgan fingerprint density at radius 2 is 2.03 bits per heavy atom. The van der Waals surface area contributed by atoms with Crippen molar-refractivity contribution >= 4 is 50.6 Å². The third kappa shape index (κ3) is 5.48. The second-order valence-corrected chi connectivity index (χ2v) is 9.44. The summed E-state index contributed by atoms with van der Waals surface area (Å²) in [5.74, 6) is 0.837. The molecular weight excluding hydrogens is 524 g/mol. The molecule has 1 aromatic heterocycles. The van der Waals surface area contributed by atoms with Crippen molar-refractivity contribution in [1.29, 1.82) is 0 Å². The molecule has 34 heavy (non-hydrogen) atoms. The van der Waals surface area contributed by atoms with Gasteiger partial charge in [0.25, 0.3) is 11.5 Å². The number of halogens is 2. The van der Waals surface area contributed by atoms with Gasteiger partial charge in [0.05, 0.1) is 35.4 Å². The molecule has 1 aliphatic rings. The van der Waals surface area contributed by atoms with Crippen LogP contribution in [0.15, 0.2) is 50.8 Å². The molecule has 0 aliphatic carbocycles. The summed E-state index contributed by atoms with van der Waals surface area (Å²) in [4.78, 5) is 31.8. The predicted octanol–water partition coefficient (Wildman–Crippen LogP) is 4.06. The van der Waals surface area contributed by atoms with Gasteiger partial charge < -0.3 is 14.4 Å². The van der Waals surface area contributed by atoms with E-state index in [1.807, 2.05) is 26.0 Å². The molecule has 0 unspecified atom stereocenters. The maximum absolute atomic E-state index is 13.1. The Hall–Kier alpha value is -2.75. The van der Waals surface area contributed by atoms with Crippen LogP contribution in [0.1, 0.15) is 31.2 Å². The molecule has 1 aliphatic heterocycles. The van der Waals surface area contributed by atoms with Crippen molar-refractivity contribution in [2.45, 2.75) is 19.8 Å². The van der Waals surface area contributed by atoms with Crippen LogP contribution in [0, 0.1) is 0 Å². The number of benzene rings is 2. The zero-order chi connectivity index (χ0) is 24.2. The molecule has 0 radical (unpaired) electrons. The van der Waals surface area contributed by atoms with Crippen molar-refractivity contribution < 1.29 is 14.3 Å². The maximum Gasteiger partial charge on any atom is 0.282 e. The van der Waals surface area contributed by atoms with E-state index in [9.17, 15) is 9.59 Å². The van der Waals surface area contributed by atoms with Crippen molar-refractivity contribution in [3.63, 3.8) is 0 Å². The maximum atomic E-state index is 13.1. The van der Waals surface area contributed by atoms with Gasteiger partial charge in [-0.05, 0) is 42.0 Å². The van der Waals surface area contributed by atoms with Gasteiger partial charge in [-0.25, -0.2) is 4.98 Å². The van der Waals surface area contributed by atoms with Crippen LogP contribution in [-0.2, 0) is 9.53 Å². The highest BCUT2D eigenvalue weighted by atomic mass is 79.9. The van der Waals surface area contributed by atoms with E-state index in [2.05, 4.69) is 26.0 Å². The Kier molecular flexibility index (Phi) is 7.65. The number of amides is 1. The average molecular weight is 548 g/mol. The number of hydrogen-bond donors (Lipinski definition) is 0. The molecule has 4 rings (SSSR count). The summed E-state index contributed by atoms with van der Waals surface area (Å²) in [5.41, 5.74) is 1.05. The summed E-state index contributed by atoms with van der Waals surface area (Å²) in [6.45, 7) is 6.00. The first-order valence-electron chi connectivity index (χ1n) is 10.9. The topological polar surface area (TPSA) is 86.0 Å². The normalized spacial score (nSPS) is 14.3. The third-order valence-electron chi connectivity index (χ3n) is 5.34. The number of hydrogen-bond acceptors (Lipinski definition) is 6. The lowest BCUT2D eigenvalue weighted by Crippen LogP contribution is -2.43. The van der Waals surface area contributed by atoms with Crippen LogP contribution in [0.3, 0.4) is 0 Å². The molecular formula is C24H24BrClN4O4. The fourth-order valence-corrected chi connectivity index (χ4v) is 4.14. The minimum atomic E-state index is -0.251. The molecule has 3 aromatic rings. The number of ether oxygens (including phenoxy) is 2. The number of fused-ring (bicyclic) bond motifs is 1. The predicted molar refractivity (Wildman–Crippen MR) is 135 cm³/mol. The fraction of sp³-hybridized carbons (Fsp3) is 0.333. The zero-order valence-electron chi connectivity index (χ0n) is 18.8. The van der Waals surface area contributed by atoms with Crippen molar-refractivity contribution in [3.05, 3.63) is 67.6 Å². The number of carbonyl (C=O) groups is 1. The summed E-state index contributed by atoms with van der Waals surface area (Å²) in [6.07, 6.45) is 1.55. The molecule has 0 spiro atoms. The molecule has 2 aromatic carbocycles. The zero-order valence-corrected chi connectivity index (χ0v) is 21.2. The second-order valence-electron chi connectivity index (χ2n) is 8.12. The lowest BCUT2D eigenvalue weighted by atomic mass is 10.2. The van der Waals surface area contributed by atoms with Gasteiger partial charge in [-0.2, -0.15) is 9.78 Å². The Morgan fingerprint density at radius 3 is 2.74 bits per heavy atom. The Balaban J connectivity index is 1.54. The molecule has 1 amide bonds. The molecule has 10 heteroatoms. The van der Waals surface area contributed by atoms with Gasteiger partial charge in [0, 0.05) is 23.5 Å².